The van der Waals surface area contributed by atoms with Crippen LogP contribution in [0.5, 0.6) is 17.2 Å². The Bertz CT molecular complexity index is 1400. The van der Waals surface area contributed by atoms with E-state index in [0.717, 1.165) is 5.56 Å². The van der Waals surface area contributed by atoms with Crippen molar-refractivity contribution in [2.75, 3.05) is 20.8 Å². The van der Waals surface area contributed by atoms with Gasteiger partial charge in [0.15, 0.2) is 11.5 Å². The second kappa shape index (κ2) is 10.9. The van der Waals surface area contributed by atoms with Crippen LogP contribution in [-0.2, 0) is 16.0 Å². The van der Waals surface area contributed by atoms with Gasteiger partial charge in [-0.2, -0.15) is 0 Å². The summed E-state index contributed by atoms with van der Waals surface area (Å²) in [5.41, 5.74) is 1.15. The van der Waals surface area contributed by atoms with Crippen LogP contribution in [0.1, 0.15) is 22.7 Å². The van der Waals surface area contributed by atoms with E-state index >= 15 is 0 Å². The van der Waals surface area contributed by atoms with Crippen LogP contribution in [0.2, 0.25) is 15.1 Å². The van der Waals surface area contributed by atoms with Crippen molar-refractivity contribution in [3.63, 3.8) is 0 Å². The Balaban J connectivity index is 1.87. The molecule has 0 aliphatic carbocycles. The minimum absolute atomic E-state index is 0.00933. The molecule has 1 atom stereocenters. The monoisotopic (exact) mass is 561 g/mol. The first-order valence-electron chi connectivity index (χ1n) is 11.1. The third kappa shape index (κ3) is 5.07. The second-order valence-corrected chi connectivity index (χ2v) is 9.47. The van der Waals surface area contributed by atoms with Gasteiger partial charge in [-0.15, -0.1) is 0 Å². The summed E-state index contributed by atoms with van der Waals surface area (Å²) in [7, 11) is 2.71. The molecule has 1 aliphatic heterocycles. The van der Waals surface area contributed by atoms with Crippen molar-refractivity contribution >= 4 is 52.3 Å². The van der Waals surface area contributed by atoms with Gasteiger partial charge in [0, 0.05) is 11.6 Å². The van der Waals surface area contributed by atoms with Gasteiger partial charge in [-0.3, -0.25) is 9.59 Å². The molecule has 1 aliphatic rings. The third-order valence-corrected chi connectivity index (χ3v) is 6.95. The molecule has 10 heteroatoms. The molecule has 7 nitrogen and oxygen atoms in total. The number of carbonyl (C=O) groups excluding carboxylic acids is 2. The molecule has 4 rings (SSSR count). The molecule has 3 aromatic carbocycles. The molecule has 0 aromatic heterocycles. The molecule has 0 spiro atoms. The predicted octanol–water partition coefficient (Wildman–Crippen LogP) is 6.03. The van der Waals surface area contributed by atoms with E-state index in [2.05, 4.69) is 0 Å². The van der Waals surface area contributed by atoms with Gasteiger partial charge in [0.25, 0.3) is 11.7 Å². The average molecular weight is 563 g/mol. The lowest BCUT2D eigenvalue weighted by atomic mass is 9.94. The van der Waals surface area contributed by atoms with Crippen molar-refractivity contribution in [1.82, 2.24) is 4.90 Å². The molecule has 37 heavy (non-hydrogen) atoms. The molecule has 0 saturated carbocycles. The Kier molecular flexibility index (Phi) is 7.87. The van der Waals surface area contributed by atoms with Crippen LogP contribution >= 0.6 is 34.8 Å². The standard InChI is InChI=1S/C27H22Cl3NO6/c1-36-25-18(13-19(29)26(37-2)21(25)30)23(33)20-22(15-4-3-5-17(32)12-15)31(27(35)24(20)34)11-10-14-6-8-16(28)9-7-14/h3-9,12-13,22,32-33H,10-11H2,1-2H3/b23-20+. The fourth-order valence-electron chi connectivity index (χ4n) is 4.34. The maximum absolute atomic E-state index is 13.3. The van der Waals surface area contributed by atoms with Gasteiger partial charge in [-0.1, -0.05) is 59.1 Å². The van der Waals surface area contributed by atoms with Crippen LogP contribution in [0.25, 0.3) is 5.76 Å². The minimum atomic E-state index is -0.997. The molecule has 1 heterocycles. The van der Waals surface area contributed by atoms with Gasteiger partial charge in [0.1, 0.15) is 16.5 Å². The van der Waals surface area contributed by atoms with Gasteiger partial charge in [-0.05, 0) is 47.9 Å². The summed E-state index contributed by atoms with van der Waals surface area (Å²) in [6.07, 6.45) is 0.420. The summed E-state index contributed by atoms with van der Waals surface area (Å²) in [4.78, 5) is 27.9. The van der Waals surface area contributed by atoms with Crippen LogP contribution in [0.15, 0.2) is 60.2 Å². The lowest BCUT2D eigenvalue weighted by molar-refractivity contribution is -0.139. The number of aliphatic hydroxyl groups is 1. The molecule has 0 bridgehead atoms. The van der Waals surface area contributed by atoms with E-state index in [9.17, 15) is 19.8 Å². The predicted molar refractivity (Wildman–Crippen MR) is 142 cm³/mol. The minimum Gasteiger partial charge on any atom is -0.508 e. The Morgan fingerprint density at radius 3 is 2.27 bits per heavy atom. The molecule has 2 N–H and O–H groups in total. The van der Waals surface area contributed by atoms with Crippen LogP contribution in [0, 0.1) is 0 Å². The van der Waals surface area contributed by atoms with Crippen LogP contribution in [0.4, 0.5) is 0 Å². The van der Waals surface area contributed by atoms with E-state index in [1.54, 1.807) is 24.3 Å². The van der Waals surface area contributed by atoms with E-state index < -0.39 is 23.5 Å². The number of nitrogens with zero attached hydrogens (tertiary/aromatic N) is 1. The molecule has 1 unspecified atom stereocenters. The summed E-state index contributed by atoms with van der Waals surface area (Å²) in [6, 6.07) is 13.6. The number of methoxy groups -OCH3 is 2. The second-order valence-electron chi connectivity index (χ2n) is 8.25. The van der Waals surface area contributed by atoms with Crippen molar-refractivity contribution in [2.45, 2.75) is 12.5 Å². The first-order chi connectivity index (χ1) is 17.7. The molecule has 3 aromatic rings. The van der Waals surface area contributed by atoms with Crippen molar-refractivity contribution < 1.29 is 29.3 Å². The summed E-state index contributed by atoms with van der Waals surface area (Å²) in [5, 5.41) is 22.2. The topological polar surface area (TPSA) is 96.3 Å². The summed E-state index contributed by atoms with van der Waals surface area (Å²) >= 11 is 18.7. The smallest absolute Gasteiger partial charge is 0.295 e. The zero-order valence-corrected chi connectivity index (χ0v) is 22.1. The van der Waals surface area contributed by atoms with E-state index in [1.807, 2.05) is 12.1 Å². The maximum atomic E-state index is 13.3. The van der Waals surface area contributed by atoms with Crippen LogP contribution in [0.3, 0.4) is 0 Å². The number of hydrogen-bond donors (Lipinski definition) is 2. The van der Waals surface area contributed by atoms with E-state index in [0.29, 0.717) is 17.0 Å². The number of amides is 1. The Morgan fingerprint density at radius 1 is 0.973 bits per heavy atom. The Morgan fingerprint density at radius 2 is 1.65 bits per heavy atom. The number of aliphatic hydroxyl groups excluding tert-OH is 1. The first-order valence-corrected chi connectivity index (χ1v) is 12.2. The van der Waals surface area contributed by atoms with Crippen molar-refractivity contribution in [1.29, 1.82) is 0 Å². The fourth-order valence-corrected chi connectivity index (χ4v) is 5.16. The number of ether oxygens (including phenoxy) is 2. The molecule has 1 saturated heterocycles. The van der Waals surface area contributed by atoms with E-state index in [4.69, 9.17) is 44.3 Å². The first kappa shape index (κ1) is 26.7. The molecule has 0 radical (unpaired) electrons. The van der Waals surface area contributed by atoms with Gasteiger partial charge >= 0.3 is 0 Å². The summed E-state index contributed by atoms with van der Waals surface area (Å²) in [6.45, 7) is 0.157. The number of rotatable bonds is 7. The number of halogens is 3. The third-order valence-electron chi connectivity index (χ3n) is 6.08. The summed E-state index contributed by atoms with van der Waals surface area (Å²) in [5.74, 6) is -2.13. The SMILES string of the molecule is COc1c(Cl)cc(/C(O)=C2\C(=O)C(=O)N(CCc3ccc(Cl)cc3)C2c2cccc(O)c2)c(OC)c1Cl. The lowest BCUT2D eigenvalue weighted by Gasteiger charge is -2.26. The number of phenolic OH excluding ortho intramolecular Hbond substituents is 1. The zero-order chi connectivity index (χ0) is 26.9. The average Bonchev–Trinajstić information content (AvgIpc) is 3.13. The van der Waals surface area contributed by atoms with Gasteiger partial charge in [-0.25, -0.2) is 0 Å². The zero-order valence-electron chi connectivity index (χ0n) is 19.8. The molecular weight excluding hydrogens is 541 g/mol. The number of aromatic hydroxyl groups is 1. The number of carbonyl (C=O) groups is 2. The highest BCUT2D eigenvalue weighted by molar-refractivity contribution is 6.47. The van der Waals surface area contributed by atoms with Gasteiger partial charge < -0.3 is 24.6 Å². The number of likely N-dealkylation sites (tertiary alicyclic amines) is 1. The summed E-state index contributed by atoms with van der Waals surface area (Å²) < 4.78 is 10.6. The molecule has 1 amide bonds. The normalized spacial score (nSPS) is 16.8. The maximum Gasteiger partial charge on any atom is 0.295 e. The molecular formula is C27H22Cl3NO6. The van der Waals surface area contributed by atoms with E-state index in [-0.39, 0.29) is 45.0 Å². The quantitative estimate of drug-likeness (QED) is 0.207. The van der Waals surface area contributed by atoms with Gasteiger partial charge in [0.2, 0.25) is 0 Å². The number of phenols is 1. The number of hydrogen-bond acceptors (Lipinski definition) is 6. The number of ketones is 1. The van der Waals surface area contributed by atoms with Crippen molar-refractivity contribution in [2.24, 2.45) is 0 Å². The molecule has 192 valence electrons. The van der Waals surface area contributed by atoms with Crippen molar-refractivity contribution in [3.8, 4) is 17.2 Å². The van der Waals surface area contributed by atoms with Crippen molar-refractivity contribution in [3.05, 3.63) is 91.9 Å². The lowest BCUT2D eigenvalue weighted by Crippen LogP contribution is -2.31. The van der Waals surface area contributed by atoms with E-state index in [1.165, 1.54) is 37.3 Å². The number of Topliss-reactive ketones (excluding diaryl/α,β-unsaturated/α-hetero) is 1. The number of benzene rings is 3. The Hall–Kier alpha value is -3.39. The van der Waals surface area contributed by atoms with Gasteiger partial charge in [0.05, 0.1) is 36.4 Å². The Labute approximate surface area is 228 Å². The highest BCUT2D eigenvalue weighted by Crippen LogP contribution is 2.47. The fraction of sp³-hybridized carbons (Fsp3) is 0.185. The molecule has 1 fully saturated rings. The van der Waals surface area contributed by atoms with Crippen LogP contribution in [-0.4, -0.2) is 47.6 Å². The highest BCUT2D eigenvalue weighted by Gasteiger charge is 2.46. The highest BCUT2D eigenvalue weighted by atomic mass is 35.5. The largest absolute Gasteiger partial charge is 0.508 e. The van der Waals surface area contributed by atoms with Crippen LogP contribution < -0.4 is 9.47 Å².